The zero-order valence-corrected chi connectivity index (χ0v) is 17.2. The van der Waals surface area contributed by atoms with E-state index >= 15 is 0 Å². The van der Waals surface area contributed by atoms with E-state index in [0.29, 0.717) is 29.2 Å². The molecule has 0 heterocycles. The van der Waals surface area contributed by atoms with Gasteiger partial charge in [0.25, 0.3) is 5.91 Å². The predicted octanol–water partition coefficient (Wildman–Crippen LogP) is 4.51. The number of aromatic hydroxyl groups is 1. The van der Waals surface area contributed by atoms with Crippen LogP contribution in [0, 0.1) is 0 Å². The monoisotopic (exact) mass is 454 g/mol. The van der Waals surface area contributed by atoms with Crippen LogP contribution >= 0.6 is 15.9 Å². The van der Waals surface area contributed by atoms with E-state index < -0.39 is 5.91 Å². The summed E-state index contributed by atoms with van der Waals surface area (Å²) in [6.07, 6.45) is 1.35. The molecule has 0 fully saturated rings. The summed E-state index contributed by atoms with van der Waals surface area (Å²) >= 11 is 3.37. The number of carbonyl (C=O) groups is 1. The van der Waals surface area contributed by atoms with Crippen LogP contribution in [0.3, 0.4) is 0 Å². The number of nitrogens with zero attached hydrogens (tertiary/aromatic N) is 1. The lowest BCUT2D eigenvalue weighted by molar-refractivity contribution is 0.0950. The number of phenols is 1. The molecule has 3 aromatic carbocycles. The van der Waals surface area contributed by atoms with Crippen LogP contribution in [0.2, 0.25) is 0 Å². The molecule has 0 radical (unpaired) electrons. The molecule has 0 aromatic heterocycles. The number of ether oxygens (including phenoxy) is 2. The number of para-hydroxylation sites is 1. The molecular weight excluding hydrogens is 436 g/mol. The number of benzene rings is 3. The quantitative estimate of drug-likeness (QED) is 0.406. The second-order valence-corrected chi connectivity index (χ2v) is 6.93. The van der Waals surface area contributed by atoms with Gasteiger partial charge in [0.05, 0.1) is 18.9 Å². The van der Waals surface area contributed by atoms with Crippen molar-refractivity contribution in [3.63, 3.8) is 0 Å². The van der Waals surface area contributed by atoms with Gasteiger partial charge >= 0.3 is 0 Å². The number of nitrogens with one attached hydrogen (secondary N) is 1. The Morgan fingerprint density at radius 1 is 1.10 bits per heavy atom. The minimum absolute atomic E-state index is 0.0534. The van der Waals surface area contributed by atoms with Crippen molar-refractivity contribution < 1.29 is 19.4 Å². The molecular formula is C22H19BrN2O4. The fraction of sp³-hybridized carbons (Fsp3) is 0.0909. The van der Waals surface area contributed by atoms with E-state index in [2.05, 4.69) is 26.5 Å². The molecule has 29 heavy (non-hydrogen) atoms. The first-order chi connectivity index (χ1) is 14.1. The molecule has 1 amide bonds. The van der Waals surface area contributed by atoms with Crippen LogP contribution < -0.4 is 14.9 Å². The summed E-state index contributed by atoms with van der Waals surface area (Å²) in [5.74, 6) is 0.271. The summed E-state index contributed by atoms with van der Waals surface area (Å²) in [5, 5.41) is 14.0. The van der Waals surface area contributed by atoms with Gasteiger partial charge in [-0.05, 0) is 35.9 Å². The highest BCUT2D eigenvalue weighted by Gasteiger charge is 2.13. The number of hydrogen-bond acceptors (Lipinski definition) is 5. The van der Waals surface area contributed by atoms with Gasteiger partial charge in [0.15, 0.2) is 11.5 Å². The van der Waals surface area contributed by atoms with E-state index in [0.717, 1.165) is 10.0 Å². The van der Waals surface area contributed by atoms with Crippen molar-refractivity contribution >= 4 is 28.1 Å². The average molecular weight is 455 g/mol. The van der Waals surface area contributed by atoms with E-state index in [4.69, 9.17) is 9.47 Å². The summed E-state index contributed by atoms with van der Waals surface area (Å²) in [7, 11) is 1.46. The molecule has 0 atom stereocenters. The number of amides is 1. The van der Waals surface area contributed by atoms with Gasteiger partial charge < -0.3 is 14.6 Å². The van der Waals surface area contributed by atoms with Crippen molar-refractivity contribution in [2.75, 3.05) is 7.11 Å². The smallest absolute Gasteiger partial charge is 0.275 e. The summed E-state index contributed by atoms with van der Waals surface area (Å²) < 4.78 is 11.6. The van der Waals surface area contributed by atoms with Crippen molar-refractivity contribution in [3.8, 4) is 17.2 Å². The van der Waals surface area contributed by atoms with Gasteiger partial charge in [-0.15, -0.1) is 0 Å². The first-order valence-electron chi connectivity index (χ1n) is 8.74. The van der Waals surface area contributed by atoms with Gasteiger partial charge in [0, 0.05) is 10.0 Å². The topological polar surface area (TPSA) is 80.2 Å². The van der Waals surface area contributed by atoms with Crippen LogP contribution in [0.4, 0.5) is 0 Å². The zero-order valence-electron chi connectivity index (χ0n) is 15.6. The molecule has 0 spiro atoms. The number of methoxy groups -OCH3 is 1. The molecule has 0 saturated carbocycles. The van der Waals surface area contributed by atoms with Crippen LogP contribution in [0.25, 0.3) is 0 Å². The molecule has 148 valence electrons. The van der Waals surface area contributed by atoms with Crippen molar-refractivity contribution in [1.82, 2.24) is 5.43 Å². The second-order valence-electron chi connectivity index (χ2n) is 6.01. The zero-order chi connectivity index (χ0) is 20.6. The van der Waals surface area contributed by atoms with E-state index in [1.165, 1.54) is 13.3 Å². The Bertz CT molecular complexity index is 1020. The number of hydrogen-bond donors (Lipinski definition) is 2. The molecule has 3 aromatic rings. The lowest BCUT2D eigenvalue weighted by atomic mass is 10.2. The minimum atomic E-state index is -0.437. The molecule has 0 saturated heterocycles. The van der Waals surface area contributed by atoms with Crippen LogP contribution in [0.5, 0.6) is 17.2 Å². The molecule has 0 bridgehead atoms. The third kappa shape index (κ3) is 5.36. The highest BCUT2D eigenvalue weighted by molar-refractivity contribution is 9.10. The third-order valence-corrected chi connectivity index (χ3v) is 4.54. The highest BCUT2D eigenvalue weighted by Crippen LogP contribution is 2.28. The molecule has 3 rings (SSSR count). The Balaban J connectivity index is 1.72. The second kappa shape index (κ2) is 9.75. The van der Waals surface area contributed by atoms with Gasteiger partial charge in [-0.3, -0.25) is 4.79 Å². The van der Waals surface area contributed by atoms with Gasteiger partial charge in [0.2, 0.25) is 0 Å². The highest BCUT2D eigenvalue weighted by atomic mass is 79.9. The summed E-state index contributed by atoms with van der Waals surface area (Å²) in [6.45, 7) is 0.337. The number of hydrazone groups is 1. The maximum Gasteiger partial charge on any atom is 0.275 e. The summed E-state index contributed by atoms with van der Waals surface area (Å²) in [6, 6.07) is 19.9. The Morgan fingerprint density at radius 2 is 1.90 bits per heavy atom. The molecule has 2 N–H and O–H groups in total. The van der Waals surface area contributed by atoms with E-state index in [-0.39, 0.29) is 5.75 Å². The van der Waals surface area contributed by atoms with Crippen molar-refractivity contribution in [1.29, 1.82) is 0 Å². The van der Waals surface area contributed by atoms with Crippen molar-refractivity contribution in [3.05, 3.63) is 87.9 Å². The van der Waals surface area contributed by atoms with Gasteiger partial charge in [0.1, 0.15) is 12.4 Å². The van der Waals surface area contributed by atoms with Crippen LogP contribution in [-0.4, -0.2) is 24.3 Å². The lowest BCUT2D eigenvalue weighted by Gasteiger charge is -2.11. The standard InChI is InChI=1S/C22H19BrN2O4/c1-28-20-9-5-8-16(21(20)26)13-24-25-22(27)18-12-17(23)10-11-19(18)29-14-15-6-3-2-4-7-15/h2-13,26H,14H2,1H3,(H,25,27)/b24-13+. The lowest BCUT2D eigenvalue weighted by Crippen LogP contribution is -2.19. The first kappa shape index (κ1) is 20.4. The number of phenolic OH excluding ortho intramolecular Hbond substituents is 1. The maximum absolute atomic E-state index is 12.6. The summed E-state index contributed by atoms with van der Waals surface area (Å²) in [5.41, 5.74) is 4.20. The van der Waals surface area contributed by atoms with Crippen molar-refractivity contribution in [2.45, 2.75) is 6.61 Å². The Morgan fingerprint density at radius 3 is 2.66 bits per heavy atom. The fourth-order valence-electron chi connectivity index (χ4n) is 2.57. The number of carbonyl (C=O) groups excluding carboxylic acids is 1. The third-order valence-electron chi connectivity index (χ3n) is 4.04. The largest absolute Gasteiger partial charge is 0.504 e. The van der Waals surface area contributed by atoms with Crippen LogP contribution in [0.1, 0.15) is 21.5 Å². The Kier molecular flexibility index (Phi) is 6.86. The van der Waals surface area contributed by atoms with Gasteiger partial charge in [-0.25, -0.2) is 5.43 Å². The van der Waals surface area contributed by atoms with E-state index in [9.17, 15) is 9.90 Å². The first-order valence-corrected chi connectivity index (χ1v) is 9.53. The van der Waals surface area contributed by atoms with E-state index in [1.807, 2.05) is 30.3 Å². The SMILES string of the molecule is COc1cccc(/C=N/NC(=O)c2cc(Br)ccc2OCc2ccccc2)c1O. The molecule has 7 heteroatoms. The maximum atomic E-state index is 12.6. The molecule has 0 aliphatic carbocycles. The average Bonchev–Trinajstić information content (AvgIpc) is 2.74. The van der Waals surface area contributed by atoms with Crippen LogP contribution in [-0.2, 0) is 6.61 Å². The Hall–Kier alpha value is -3.32. The molecule has 6 nitrogen and oxygen atoms in total. The van der Waals surface area contributed by atoms with Crippen LogP contribution in [0.15, 0.2) is 76.3 Å². The Labute approximate surface area is 176 Å². The number of halogens is 1. The number of rotatable bonds is 7. The van der Waals surface area contributed by atoms with Gasteiger partial charge in [-0.2, -0.15) is 5.10 Å². The normalized spacial score (nSPS) is 10.7. The minimum Gasteiger partial charge on any atom is -0.504 e. The van der Waals surface area contributed by atoms with Crippen molar-refractivity contribution in [2.24, 2.45) is 5.10 Å². The molecule has 0 aliphatic rings. The van der Waals surface area contributed by atoms with Gasteiger partial charge in [-0.1, -0.05) is 52.3 Å². The molecule has 0 unspecified atom stereocenters. The fourth-order valence-corrected chi connectivity index (χ4v) is 2.93. The molecule has 0 aliphatic heterocycles. The van der Waals surface area contributed by atoms with E-state index in [1.54, 1.807) is 36.4 Å². The summed E-state index contributed by atoms with van der Waals surface area (Å²) in [4.78, 5) is 12.6. The predicted molar refractivity (Wildman–Crippen MR) is 115 cm³/mol.